The number of hydrogen-bond donors (Lipinski definition) is 2. The highest BCUT2D eigenvalue weighted by atomic mass is 16.4. The number of carboxylic acids is 1. The van der Waals surface area contributed by atoms with E-state index in [4.69, 9.17) is 10.2 Å². The van der Waals surface area contributed by atoms with E-state index in [9.17, 15) is 9.59 Å². The summed E-state index contributed by atoms with van der Waals surface area (Å²) < 4.78 is 0. The van der Waals surface area contributed by atoms with Crippen LogP contribution in [0.2, 0.25) is 0 Å². The average molecular weight is 236 g/mol. The van der Waals surface area contributed by atoms with Crippen LogP contribution < -0.4 is 0 Å². The number of hydrogen-bond acceptors (Lipinski definition) is 3. The quantitative estimate of drug-likeness (QED) is 0.765. The first kappa shape index (κ1) is 13.4. The van der Waals surface area contributed by atoms with Crippen LogP contribution in [0.4, 0.5) is 0 Å². The molecule has 1 rings (SSSR count). The van der Waals surface area contributed by atoms with Crippen LogP contribution >= 0.6 is 0 Å². The maximum Gasteiger partial charge on any atom is 0.304 e. The predicted molar refractivity (Wildman–Crippen MR) is 62.7 cm³/mol. The number of ketones is 1. The lowest BCUT2D eigenvalue weighted by molar-refractivity contribution is -0.138. The molecule has 0 saturated heterocycles. The fourth-order valence-electron chi connectivity index (χ4n) is 1.61. The molecule has 1 aromatic carbocycles. The topological polar surface area (TPSA) is 74.6 Å². The average Bonchev–Trinajstić information content (AvgIpc) is 2.26. The standard InChI is InChI=1S/C13H16O4/c1-13(2,7-11(15)16)12(17)10-5-3-9(8-14)4-6-10/h3-6,14H,7-8H2,1-2H3,(H,15,16). The van der Waals surface area contributed by atoms with Crippen LogP contribution in [0.1, 0.15) is 36.2 Å². The normalized spacial score (nSPS) is 11.2. The maximum atomic E-state index is 12.1. The molecule has 0 bridgehead atoms. The van der Waals surface area contributed by atoms with Gasteiger partial charge in [0, 0.05) is 11.0 Å². The van der Waals surface area contributed by atoms with Gasteiger partial charge in [-0.2, -0.15) is 0 Å². The number of carbonyl (C=O) groups is 2. The molecule has 0 aliphatic carbocycles. The van der Waals surface area contributed by atoms with Crippen molar-refractivity contribution in [3.05, 3.63) is 35.4 Å². The Bertz CT molecular complexity index is 418. The number of carbonyl (C=O) groups excluding carboxylic acids is 1. The Kier molecular flexibility index (Phi) is 4.02. The summed E-state index contributed by atoms with van der Waals surface area (Å²) in [4.78, 5) is 22.7. The minimum atomic E-state index is -0.990. The van der Waals surface area contributed by atoms with Crippen LogP contribution in [0.15, 0.2) is 24.3 Å². The Balaban J connectivity index is 2.91. The van der Waals surface area contributed by atoms with E-state index in [1.165, 1.54) is 0 Å². The Labute approximate surface area is 99.9 Å². The van der Waals surface area contributed by atoms with Gasteiger partial charge in [0.25, 0.3) is 0 Å². The van der Waals surface area contributed by atoms with Crippen LogP contribution in [-0.2, 0) is 11.4 Å². The Morgan fingerprint density at radius 3 is 2.12 bits per heavy atom. The summed E-state index contributed by atoms with van der Waals surface area (Å²) in [6.07, 6.45) is -0.201. The highest BCUT2D eigenvalue weighted by molar-refractivity contribution is 6.01. The first-order valence-electron chi connectivity index (χ1n) is 5.33. The number of aliphatic carboxylic acids is 1. The Morgan fingerprint density at radius 2 is 1.71 bits per heavy atom. The monoisotopic (exact) mass is 236 g/mol. The summed E-state index contributed by atoms with van der Waals surface area (Å²) in [6.45, 7) is 3.15. The van der Waals surface area contributed by atoms with E-state index < -0.39 is 11.4 Å². The number of Topliss-reactive ketones (excluding diaryl/α,β-unsaturated/α-hetero) is 1. The third-order valence-electron chi connectivity index (χ3n) is 2.61. The molecule has 0 aromatic heterocycles. The number of benzene rings is 1. The lowest BCUT2D eigenvalue weighted by Gasteiger charge is -2.20. The maximum absolute atomic E-state index is 12.1. The van der Waals surface area contributed by atoms with Gasteiger partial charge < -0.3 is 10.2 Å². The fraction of sp³-hybridized carbons (Fsp3) is 0.385. The van der Waals surface area contributed by atoms with Gasteiger partial charge in [-0.1, -0.05) is 38.1 Å². The zero-order valence-corrected chi connectivity index (χ0v) is 9.93. The van der Waals surface area contributed by atoms with Gasteiger partial charge in [0.2, 0.25) is 0 Å². The summed E-state index contributed by atoms with van der Waals surface area (Å²) in [5.74, 6) is -1.19. The summed E-state index contributed by atoms with van der Waals surface area (Å²) in [7, 11) is 0. The van der Waals surface area contributed by atoms with E-state index >= 15 is 0 Å². The van der Waals surface area contributed by atoms with Gasteiger partial charge in [0.15, 0.2) is 5.78 Å². The Morgan fingerprint density at radius 1 is 1.18 bits per heavy atom. The lowest BCUT2D eigenvalue weighted by Crippen LogP contribution is -2.27. The molecule has 92 valence electrons. The van der Waals surface area contributed by atoms with E-state index in [2.05, 4.69) is 0 Å². The van der Waals surface area contributed by atoms with Crippen molar-refractivity contribution in [1.29, 1.82) is 0 Å². The minimum absolute atomic E-state index is 0.0764. The molecular formula is C13H16O4. The highest BCUT2D eigenvalue weighted by Crippen LogP contribution is 2.26. The summed E-state index contributed by atoms with van der Waals surface area (Å²) in [5, 5.41) is 17.6. The molecule has 0 atom stereocenters. The molecule has 1 aromatic rings. The summed E-state index contributed by atoms with van der Waals surface area (Å²) >= 11 is 0. The molecule has 17 heavy (non-hydrogen) atoms. The second kappa shape index (κ2) is 5.10. The molecule has 0 heterocycles. The van der Waals surface area contributed by atoms with Gasteiger partial charge in [-0.15, -0.1) is 0 Å². The molecule has 0 unspecified atom stereocenters. The van der Waals surface area contributed by atoms with Crippen molar-refractivity contribution in [1.82, 2.24) is 0 Å². The fourth-order valence-corrected chi connectivity index (χ4v) is 1.61. The SMILES string of the molecule is CC(C)(CC(=O)O)C(=O)c1ccc(CO)cc1. The van der Waals surface area contributed by atoms with E-state index in [-0.39, 0.29) is 18.8 Å². The molecule has 4 heteroatoms. The van der Waals surface area contributed by atoms with Gasteiger partial charge in [-0.05, 0) is 5.56 Å². The molecule has 0 fully saturated rings. The third-order valence-corrected chi connectivity index (χ3v) is 2.61. The van der Waals surface area contributed by atoms with E-state index in [1.807, 2.05) is 0 Å². The van der Waals surface area contributed by atoms with Crippen molar-refractivity contribution >= 4 is 11.8 Å². The number of aliphatic hydroxyl groups is 1. The van der Waals surface area contributed by atoms with Crippen LogP contribution in [0.25, 0.3) is 0 Å². The zero-order chi connectivity index (χ0) is 13.1. The largest absolute Gasteiger partial charge is 0.481 e. The molecule has 0 saturated carbocycles. The van der Waals surface area contributed by atoms with Crippen molar-refractivity contribution in [3.8, 4) is 0 Å². The molecule has 0 spiro atoms. The van der Waals surface area contributed by atoms with Crippen molar-refractivity contribution in [2.45, 2.75) is 26.9 Å². The molecule has 0 radical (unpaired) electrons. The molecular weight excluding hydrogens is 220 g/mol. The van der Waals surface area contributed by atoms with Crippen LogP contribution in [-0.4, -0.2) is 22.0 Å². The number of rotatable bonds is 5. The molecule has 0 aliphatic heterocycles. The molecule has 0 aliphatic rings. The zero-order valence-electron chi connectivity index (χ0n) is 9.93. The third kappa shape index (κ3) is 3.39. The summed E-state index contributed by atoms with van der Waals surface area (Å²) in [5.41, 5.74) is 0.262. The predicted octanol–water partition coefficient (Wildman–Crippen LogP) is 1.86. The van der Waals surface area contributed by atoms with Gasteiger partial charge in [0.05, 0.1) is 13.0 Å². The van der Waals surface area contributed by atoms with Crippen molar-refractivity contribution in [3.63, 3.8) is 0 Å². The van der Waals surface area contributed by atoms with Crippen molar-refractivity contribution in [2.24, 2.45) is 5.41 Å². The highest BCUT2D eigenvalue weighted by Gasteiger charge is 2.31. The van der Waals surface area contributed by atoms with Crippen LogP contribution in [0.3, 0.4) is 0 Å². The number of carboxylic acid groups (broad SMARTS) is 1. The van der Waals surface area contributed by atoms with Crippen LogP contribution in [0.5, 0.6) is 0 Å². The van der Waals surface area contributed by atoms with E-state index in [0.29, 0.717) is 5.56 Å². The van der Waals surface area contributed by atoms with E-state index in [0.717, 1.165) is 5.56 Å². The first-order chi connectivity index (χ1) is 7.86. The first-order valence-corrected chi connectivity index (χ1v) is 5.33. The van der Waals surface area contributed by atoms with E-state index in [1.54, 1.807) is 38.1 Å². The van der Waals surface area contributed by atoms with Gasteiger partial charge in [-0.25, -0.2) is 0 Å². The summed E-state index contributed by atoms with van der Waals surface area (Å²) in [6, 6.07) is 6.53. The van der Waals surface area contributed by atoms with Gasteiger partial charge in [0.1, 0.15) is 0 Å². The lowest BCUT2D eigenvalue weighted by atomic mass is 9.81. The second-order valence-electron chi connectivity index (χ2n) is 4.64. The Hall–Kier alpha value is -1.68. The van der Waals surface area contributed by atoms with Gasteiger partial charge >= 0.3 is 5.97 Å². The second-order valence-corrected chi connectivity index (χ2v) is 4.64. The smallest absolute Gasteiger partial charge is 0.304 e. The molecule has 0 amide bonds. The molecule has 2 N–H and O–H groups in total. The molecule has 4 nitrogen and oxygen atoms in total. The van der Waals surface area contributed by atoms with Gasteiger partial charge in [-0.3, -0.25) is 9.59 Å². The minimum Gasteiger partial charge on any atom is -0.481 e. The van der Waals surface area contributed by atoms with Crippen molar-refractivity contribution < 1.29 is 19.8 Å². The van der Waals surface area contributed by atoms with Crippen molar-refractivity contribution in [2.75, 3.05) is 0 Å². The van der Waals surface area contributed by atoms with Crippen LogP contribution in [0, 0.1) is 5.41 Å². The number of aliphatic hydroxyl groups excluding tert-OH is 1.